The largest absolute Gasteiger partial charge is 0.463 e. The first-order chi connectivity index (χ1) is 47.4. The predicted molar refractivity (Wildman–Crippen MR) is 328 cm³/mol. The van der Waals surface area contributed by atoms with E-state index in [9.17, 15) is 67.1 Å². The molecule has 1 aromatic carbocycles. The number of imide groups is 1. The SMILES string of the molecule is CC(=O)OC[C@H]1O[C@@H](O[C@H]2[C@H](OC(C)=O)[C@@H](OC(C)=O)[C@H](SC3=C(S[C@@H]4O[C@H](COC(C)=O)[C@@H](O[C@@H]5O[C@H](COC(C)=O)[C@H](OC(C)=O)[C@H](OC(C)=O)[C@H]5OC(C)=O)[C@H](OC(C)=O)[C@H]4OC(C)=O)C(=O)N(c4ccccc4)C3=O)O[C@@H]2COC(C)=O)[C@H](OC(C)=O)[C@@H](OC(C)=O)[C@H]1OC(C)=O. The van der Waals surface area contributed by atoms with E-state index in [4.69, 9.17) is 94.7 Å². The van der Waals surface area contributed by atoms with E-state index >= 15 is 9.59 Å². The molecule has 0 unspecified atom stereocenters. The van der Waals surface area contributed by atoms with Crippen LogP contribution in [0, 0.1) is 0 Å². The van der Waals surface area contributed by atoms with Crippen LogP contribution >= 0.6 is 23.5 Å². The molecule has 0 aromatic heterocycles. The normalized spacial score (nSPS) is 30.0. The minimum Gasteiger partial charge on any atom is -0.463 e. The number of carbonyl (C=O) groups excluding carboxylic acids is 16. The lowest BCUT2D eigenvalue weighted by molar-refractivity contribution is -0.341. The van der Waals surface area contributed by atoms with Crippen molar-refractivity contribution >= 4 is 125 Å². The second-order valence-electron chi connectivity index (χ2n) is 22.5. The van der Waals surface area contributed by atoms with E-state index in [0.29, 0.717) is 28.4 Å². The molecule has 556 valence electrons. The Morgan fingerprint density at radius 1 is 0.307 bits per heavy atom. The maximum absolute atomic E-state index is 15.4. The number of rotatable bonds is 27. The standard InChI is InChI=1S/C62H75NO36S2/c1-24(64)80-20-39-43(84-28(5)68)47(86-30(7)70)51(90-34(11)74)59(94-39)98-45-41(22-82-26(3)66)96-61(53(92-36(13)76)49(45)88-32(9)72)100-55-56(58(79)63(57(55)78)38-18-16-15-17-19-38)101-62-54(93-37(14)77)50(89-33(10)73)46(42(97-62)23-83-27(4)67)99-60-52(91-35(12)75)48(87-31(8)71)44(85-29(6)69)40(95-60)21-81-25(2)65/h15-19,39-54,59-62H,20-23H2,1-14H3/t39-,40-,41-,42-,43+,44+,45-,46-,47+,48+,49+,50+,51-,52-,53-,54-,59+,60+,61+,62+/m1/s1. The van der Waals surface area contributed by atoms with Crippen molar-refractivity contribution < 1.29 is 171 Å². The molecule has 0 aliphatic carbocycles. The van der Waals surface area contributed by atoms with Gasteiger partial charge in [0, 0.05) is 96.9 Å². The Morgan fingerprint density at radius 2 is 0.545 bits per heavy atom. The molecule has 20 atom stereocenters. The number of thioether (sulfide) groups is 2. The lowest BCUT2D eigenvalue weighted by Gasteiger charge is -2.49. The van der Waals surface area contributed by atoms with Gasteiger partial charge >= 0.3 is 83.6 Å². The van der Waals surface area contributed by atoms with Crippen molar-refractivity contribution in [1.29, 1.82) is 0 Å². The number of anilines is 1. The second kappa shape index (κ2) is 36.7. The van der Waals surface area contributed by atoms with Gasteiger partial charge in [0.2, 0.25) is 0 Å². The third-order valence-electron chi connectivity index (χ3n) is 14.3. The smallest absolute Gasteiger partial charge is 0.303 e. The summed E-state index contributed by atoms with van der Waals surface area (Å²) in [5, 5.41) is 0. The number of esters is 14. The zero-order valence-electron chi connectivity index (χ0n) is 56.7. The van der Waals surface area contributed by atoms with Gasteiger partial charge in [-0.05, 0) is 12.1 Å². The van der Waals surface area contributed by atoms with E-state index in [1.807, 2.05) is 0 Å². The van der Waals surface area contributed by atoms with E-state index in [0.717, 1.165) is 96.9 Å². The number of nitrogens with zero attached hydrogens (tertiary/aromatic N) is 1. The lowest BCUT2D eigenvalue weighted by Crippen LogP contribution is -2.67. The van der Waals surface area contributed by atoms with Gasteiger partial charge in [-0.3, -0.25) is 76.7 Å². The van der Waals surface area contributed by atoms with Gasteiger partial charge in [0.15, 0.2) is 73.6 Å². The number of para-hydroxylation sites is 1. The fourth-order valence-electron chi connectivity index (χ4n) is 10.9. The Hall–Kier alpha value is -8.86. The Labute approximate surface area is 583 Å². The van der Waals surface area contributed by atoms with Crippen molar-refractivity contribution in [2.45, 2.75) is 218 Å². The lowest BCUT2D eigenvalue weighted by atomic mass is 9.96. The molecule has 0 N–H and O–H groups in total. The summed E-state index contributed by atoms with van der Waals surface area (Å²) >= 11 is 0.648. The summed E-state index contributed by atoms with van der Waals surface area (Å²) in [6.07, 6.45) is -34.3. The highest BCUT2D eigenvalue weighted by molar-refractivity contribution is 8.08. The molecule has 2 amide bonds. The molecule has 37 nitrogen and oxygen atoms in total. The van der Waals surface area contributed by atoms with Crippen molar-refractivity contribution in [3.8, 4) is 0 Å². The summed E-state index contributed by atoms with van der Waals surface area (Å²) in [4.78, 5) is 211. The third-order valence-corrected chi connectivity index (χ3v) is 16.8. The molecule has 101 heavy (non-hydrogen) atoms. The maximum atomic E-state index is 15.4. The van der Waals surface area contributed by atoms with Crippen molar-refractivity contribution in [2.75, 3.05) is 31.3 Å². The van der Waals surface area contributed by atoms with Crippen LogP contribution in [-0.4, -0.2) is 243 Å². The fourth-order valence-corrected chi connectivity index (χ4v) is 13.5. The molecule has 5 aliphatic heterocycles. The number of ether oxygens (including phenoxy) is 20. The van der Waals surface area contributed by atoms with Gasteiger partial charge in [-0.1, -0.05) is 41.7 Å². The minimum absolute atomic E-state index is 0.0778. The summed E-state index contributed by atoms with van der Waals surface area (Å²) in [5.74, 6) is -16.8. The van der Waals surface area contributed by atoms with Crippen LogP contribution in [0.4, 0.5) is 5.69 Å². The molecule has 0 radical (unpaired) electrons. The number of carbonyl (C=O) groups is 16. The molecule has 5 heterocycles. The molecule has 4 saturated heterocycles. The van der Waals surface area contributed by atoms with Gasteiger partial charge < -0.3 is 94.7 Å². The van der Waals surface area contributed by atoms with Gasteiger partial charge in [0.1, 0.15) is 73.9 Å². The first kappa shape index (κ1) is 81.1. The summed E-state index contributed by atoms with van der Waals surface area (Å²) in [6.45, 7) is 10.0. The predicted octanol–water partition coefficient (Wildman–Crippen LogP) is 0.477. The van der Waals surface area contributed by atoms with Crippen molar-refractivity contribution in [3.63, 3.8) is 0 Å². The third kappa shape index (κ3) is 22.6. The highest BCUT2D eigenvalue weighted by Crippen LogP contribution is 2.49. The number of hydrogen-bond acceptors (Lipinski definition) is 38. The van der Waals surface area contributed by atoms with Crippen molar-refractivity contribution in [1.82, 2.24) is 0 Å². The van der Waals surface area contributed by atoms with Crippen LogP contribution in [0.1, 0.15) is 96.9 Å². The Bertz CT molecular complexity index is 3150. The van der Waals surface area contributed by atoms with E-state index in [1.165, 1.54) is 24.3 Å². The molecular weight excluding hydrogens is 1400 g/mol. The van der Waals surface area contributed by atoms with Gasteiger partial charge in [0.25, 0.3) is 11.8 Å². The Kier molecular flexibility index (Phi) is 29.4. The van der Waals surface area contributed by atoms with Crippen LogP contribution in [0.2, 0.25) is 0 Å². The molecule has 5 aliphatic rings. The molecule has 0 bridgehead atoms. The highest BCUT2D eigenvalue weighted by Gasteiger charge is 2.61. The highest BCUT2D eigenvalue weighted by atomic mass is 32.2. The van der Waals surface area contributed by atoms with E-state index in [-0.39, 0.29) is 5.69 Å². The van der Waals surface area contributed by atoms with Crippen LogP contribution in [0.5, 0.6) is 0 Å². The summed E-state index contributed by atoms with van der Waals surface area (Å²) < 4.78 is 117. The average molecular weight is 1470 g/mol. The molecule has 0 spiro atoms. The maximum Gasteiger partial charge on any atom is 0.303 e. The van der Waals surface area contributed by atoms with Crippen LogP contribution in [0.3, 0.4) is 0 Å². The summed E-state index contributed by atoms with van der Waals surface area (Å²) in [7, 11) is 0. The van der Waals surface area contributed by atoms with Gasteiger partial charge in [0.05, 0.1) is 15.5 Å². The second-order valence-corrected chi connectivity index (χ2v) is 24.7. The molecule has 4 fully saturated rings. The molecule has 1 aromatic rings. The number of benzene rings is 1. The van der Waals surface area contributed by atoms with Gasteiger partial charge in [-0.25, -0.2) is 4.90 Å². The Morgan fingerprint density at radius 3 is 0.812 bits per heavy atom. The van der Waals surface area contributed by atoms with E-state index < -0.39 is 253 Å². The van der Waals surface area contributed by atoms with E-state index in [1.54, 1.807) is 6.07 Å². The Balaban J connectivity index is 1.55. The average Bonchev–Trinajstić information content (AvgIpc) is 1.74. The zero-order chi connectivity index (χ0) is 75.0. The summed E-state index contributed by atoms with van der Waals surface area (Å²) in [6, 6.07) is 7.17. The molecular formula is C62H75NO36S2. The zero-order valence-corrected chi connectivity index (χ0v) is 58.4. The van der Waals surface area contributed by atoms with Crippen molar-refractivity contribution in [3.05, 3.63) is 40.1 Å². The fraction of sp³-hybridized carbons (Fsp3) is 0.613. The quantitative estimate of drug-likeness (QED) is 0.0656. The van der Waals surface area contributed by atoms with Crippen molar-refractivity contribution in [2.24, 2.45) is 0 Å². The molecule has 39 heteroatoms. The first-order valence-electron chi connectivity index (χ1n) is 30.6. The van der Waals surface area contributed by atoms with Crippen LogP contribution in [0.15, 0.2) is 40.1 Å². The number of amides is 2. The van der Waals surface area contributed by atoms with Gasteiger partial charge in [-0.15, -0.1) is 0 Å². The van der Waals surface area contributed by atoms with E-state index in [2.05, 4.69) is 0 Å². The molecule has 6 rings (SSSR count). The summed E-state index contributed by atoms with van der Waals surface area (Å²) in [5.41, 5.74) is -3.94. The first-order valence-corrected chi connectivity index (χ1v) is 32.4. The topological polar surface area (TPSA) is 461 Å². The minimum atomic E-state index is -2.10. The molecule has 0 saturated carbocycles. The van der Waals surface area contributed by atoms with Gasteiger partial charge in [-0.2, -0.15) is 0 Å². The van der Waals surface area contributed by atoms with Crippen LogP contribution in [-0.2, 0) is 171 Å². The van der Waals surface area contributed by atoms with Crippen LogP contribution in [0.25, 0.3) is 0 Å². The monoisotopic (exact) mass is 1470 g/mol. The number of hydrogen-bond donors (Lipinski definition) is 0. The van der Waals surface area contributed by atoms with Crippen LogP contribution < -0.4 is 4.90 Å².